The molecule has 0 fully saturated rings. The molecule has 8 heteroatoms. The Bertz CT molecular complexity index is 1370. The van der Waals surface area contributed by atoms with Gasteiger partial charge in [0.25, 0.3) is 0 Å². The van der Waals surface area contributed by atoms with Crippen molar-refractivity contribution >= 4 is 27.9 Å². The van der Waals surface area contributed by atoms with Crippen LogP contribution in [0, 0.1) is 5.82 Å². The molecule has 0 unspecified atom stereocenters. The van der Waals surface area contributed by atoms with Gasteiger partial charge < -0.3 is 14.9 Å². The van der Waals surface area contributed by atoms with Crippen LogP contribution in [0.5, 0.6) is 0 Å². The fraction of sp³-hybridized carbons (Fsp3) is 0.100. The molecule has 0 aliphatic heterocycles. The number of nitrogens with two attached hydrogens (primary N) is 1. The molecule has 138 valence electrons. The summed E-state index contributed by atoms with van der Waals surface area (Å²) in [4.78, 5) is 8.90. The monoisotopic (exact) mass is 373 g/mol. The molecule has 1 aromatic carbocycles. The van der Waals surface area contributed by atoms with Crippen LogP contribution in [0.1, 0.15) is 0 Å². The number of benzene rings is 1. The highest BCUT2D eigenvalue weighted by molar-refractivity contribution is 6.02. The van der Waals surface area contributed by atoms with E-state index >= 15 is 0 Å². The van der Waals surface area contributed by atoms with Gasteiger partial charge in [-0.15, -0.1) is 10.2 Å². The van der Waals surface area contributed by atoms with Gasteiger partial charge in [0.15, 0.2) is 0 Å². The van der Waals surface area contributed by atoms with Crippen LogP contribution in [0.2, 0.25) is 0 Å². The normalized spacial score (nSPS) is 11.5. The Kier molecular flexibility index (Phi) is 3.42. The zero-order valence-corrected chi connectivity index (χ0v) is 15.3. The second-order valence-electron chi connectivity index (χ2n) is 6.71. The summed E-state index contributed by atoms with van der Waals surface area (Å²) >= 11 is 0. The predicted molar refractivity (Wildman–Crippen MR) is 106 cm³/mol. The molecule has 5 aromatic rings. The first-order valence-corrected chi connectivity index (χ1v) is 8.68. The Morgan fingerprint density at radius 1 is 0.929 bits per heavy atom. The summed E-state index contributed by atoms with van der Waals surface area (Å²) in [6.45, 7) is 0. The Morgan fingerprint density at radius 2 is 1.71 bits per heavy atom. The topological polar surface area (TPSA) is 87.4 Å². The van der Waals surface area contributed by atoms with Crippen molar-refractivity contribution in [2.45, 2.75) is 0 Å². The molecule has 0 aliphatic carbocycles. The minimum atomic E-state index is -0.314. The van der Waals surface area contributed by atoms with Gasteiger partial charge in [-0.05, 0) is 30.3 Å². The molecule has 0 saturated carbocycles. The molecular weight excluding hydrogens is 357 g/mol. The van der Waals surface area contributed by atoms with Gasteiger partial charge >= 0.3 is 0 Å². The van der Waals surface area contributed by atoms with Crippen LogP contribution in [0.15, 0.2) is 48.9 Å². The number of hydrogen-bond acceptors (Lipinski definition) is 5. The molecule has 5 rings (SSSR count). The summed E-state index contributed by atoms with van der Waals surface area (Å²) in [5.41, 5.74) is 10.3. The van der Waals surface area contributed by atoms with Gasteiger partial charge in [0, 0.05) is 60.1 Å². The number of anilines is 1. The molecule has 0 saturated heterocycles. The van der Waals surface area contributed by atoms with Gasteiger partial charge in [0.05, 0.1) is 0 Å². The lowest BCUT2D eigenvalue weighted by Gasteiger charge is -2.06. The summed E-state index contributed by atoms with van der Waals surface area (Å²) in [6.07, 6.45) is 5.59. The zero-order valence-electron chi connectivity index (χ0n) is 15.3. The van der Waals surface area contributed by atoms with Gasteiger partial charge in [0.1, 0.15) is 22.9 Å². The van der Waals surface area contributed by atoms with Gasteiger partial charge in [-0.2, -0.15) is 0 Å². The maximum absolute atomic E-state index is 14.0. The lowest BCUT2D eigenvalue weighted by molar-refractivity contribution is 0.629. The maximum atomic E-state index is 14.0. The molecule has 0 amide bonds. The van der Waals surface area contributed by atoms with E-state index in [1.165, 1.54) is 12.1 Å². The van der Waals surface area contributed by atoms with Crippen LogP contribution in [-0.4, -0.2) is 29.3 Å². The lowest BCUT2D eigenvalue weighted by atomic mass is 10.0. The lowest BCUT2D eigenvalue weighted by Crippen LogP contribution is -2.02. The molecular formula is C20H16FN7. The van der Waals surface area contributed by atoms with Gasteiger partial charge in [-0.25, -0.2) is 14.4 Å². The van der Waals surface area contributed by atoms with E-state index in [1.807, 2.05) is 47.8 Å². The van der Waals surface area contributed by atoms with E-state index in [4.69, 9.17) is 5.73 Å². The fourth-order valence-corrected chi connectivity index (χ4v) is 3.66. The average Bonchev–Trinajstić information content (AvgIpc) is 3.19. The van der Waals surface area contributed by atoms with Crippen LogP contribution in [-0.2, 0) is 14.1 Å². The number of aryl methyl sites for hydroxylation is 2. The number of halogens is 1. The Labute approximate surface area is 159 Å². The number of hydrogen-bond donors (Lipinski definition) is 1. The second-order valence-corrected chi connectivity index (χ2v) is 6.71. The van der Waals surface area contributed by atoms with Crippen molar-refractivity contribution in [3.63, 3.8) is 0 Å². The smallest absolute Gasteiger partial charge is 0.240 e. The predicted octanol–water partition coefficient (Wildman–Crippen LogP) is 3.31. The van der Waals surface area contributed by atoms with E-state index in [9.17, 15) is 4.39 Å². The first kappa shape index (κ1) is 16.4. The number of nitrogen functional groups attached to an aromatic ring is 1. The fourth-order valence-electron chi connectivity index (χ4n) is 3.66. The molecule has 0 aliphatic rings. The summed E-state index contributed by atoms with van der Waals surface area (Å²) in [7, 11) is 3.83. The van der Waals surface area contributed by atoms with Gasteiger partial charge in [-0.3, -0.25) is 0 Å². The van der Waals surface area contributed by atoms with Crippen molar-refractivity contribution in [2.24, 2.45) is 14.1 Å². The second kappa shape index (κ2) is 5.85. The van der Waals surface area contributed by atoms with Crippen LogP contribution in [0.3, 0.4) is 0 Å². The average molecular weight is 373 g/mol. The number of aromatic nitrogens is 6. The third kappa shape index (κ3) is 2.34. The van der Waals surface area contributed by atoms with E-state index in [-0.39, 0.29) is 11.8 Å². The molecule has 0 atom stereocenters. The molecule has 0 bridgehead atoms. The summed E-state index contributed by atoms with van der Waals surface area (Å²) in [5.74, 6) is -0.253. The maximum Gasteiger partial charge on any atom is 0.240 e. The van der Waals surface area contributed by atoms with Gasteiger partial charge in [-0.1, -0.05) is 0 Å². The molecule has 4 aromatic heterocycles. The highest BCUT2D eigenvalue weighted by Gasteiger charge is 2.21. The van der Waals surface area contributed by atoms with Crippen LogP contribution < -0.4 is 5.73 Å². The molecule has 0 radical (unpaired) electrons. The Hall–Kier alpha value is -3.81. The van der Waals surface area contributed by atoms with Crippen molar-refractivity contribution in [1.82, 2.24) is 29.3 Å². The Balaban J connectivity index is 1.86. The molecule has 7 nitrogen and oxygen atoms in total. The van der Waals surface area contributed by atoms with E-state index in [2.05, 4.69) is 20.2 Å². The first-order valence-electron chi connectivity index (χ1n) is 8.68. The van der Waals surface area contributed by atoms with Crippen molar-refractivity contribution in [1.29, 1.82) is 0 Å². The molecule has 2 N–H and O–H groups in total. The van der Waals surface area contributed by atoms with Crippen molar-refractivity contribution in [3.8, 4) is 22.5 Å². The number of rotatable bonds is 2. The van der Waals surface area contributed by atoms with Crippen LogP contribution in [0.4, 0.5) is 10.3 Å². The van der Waals surface area contributed by atoms with E-state index in [1.54, 1.807) is 12.3 Å². The third-order valence-electron chi connectivity index (χ3n) is 4.90. The quantitative estimate of drug-likeness (QED) is 0.513. The Morgan fingerprint density at radius 3 is 2.57 bits per heavy atom. The largest absolute Gasteiger partial charge is 0.366 e. The van der Waals surface area contributed by atoms with Crippen LogP contribution in [0.25, 0.3) is 44.5 Å². The van der Waals surface area contributed by atoms with Crippen molar-refractivity contribution in [3.05, 3.63) is 54.7 Å². The zero-order chi connectivity index (χ0) is 19.4. The molecule has 0 spiro atoms. The van der Waals surface area contributed by atoms with E-state index in [0.29, 0.717) is 11.4 Å². The number of nitrogens with zero attached hydrogens (tertiary/aromatic N) is 6. The number of pyridine rings is 1. The summed E-state index contributed by atoms with van der Waals surface area (Å²) in [5, 5.41) is 9.98. The highest BCUT2D eigenvalue weighted by atomic mass is 19.1. The van der Waals surface area contributed by atoms with Crippen molar-refractivity contribution in [2.75, 3.05) is 5.73 Å². The summed E-state index contributed by atoms with van der Waals surface area (Å²) in [6, 6.07) is 8.53. The first-order chi connectivity index (χ1) is 13.5. The SMILES string of the molecule is Cn1cc(-c2nc(N)nnc2-c2cn(C)c3ncccc23)c2cc(F)ccc21. The summed E-state index contributed by atoms with van der Waals surface area (Å²) < 4.78 is 17.8. The van der Waals surface area contributed by atoms with Crippen LogP contribution >= 0.6 is 0 Å². The van der Waals surface area contributed by atoms with Crippen molar-refractivity contribution < 1.29 is 4.39 Å². The van der Waals surface area contributed by atoms with Gasteiger partial charge in [0.2, 0.25) is 5.95 Å². The van der Waals surface area contributed by atoms with E-state index < -0.39 is 0 Å². The third-order valence-corrected chi connectivity index (χ3v) is 4.90. The molecule has 4 heterocycles. The minimum absolute atomic E-state index is 0.0607. The number of fused-ring (bicyclic) bond motifs is 2. The minimum Gasteiger partial charge on any atom is -0.366 e. The van der Waals surface area contributed by atoms with E-state index in [0.717, 1.165) is 33.1 Å². The highest BCUT2D eigenvalue weighted by Crippen LogP contribution is 2.37. The standard InChI is InChI=1S/C20H16FN7/c1-27-9-15(13-8-11(21)5-6-16(13)27)17-18(25-26-20(22)24-17)14-10-28(2)19-12(14)4-3-7-23-19/h3-10H,1-2H3,(H2,22,24,26). The molecule has 28 heavy (non-hydrogen) atoms.